The van der Waals surface area contributed by atoms with Gasteiger partial charge >= 0.3 is 6.18 Å². The van der Waals surface area contributed by atoms with Crippen molar-refractivity contribution in [1.82, 2.24) is 14.5 Å². The lowest BCUT2D eigenvalue weighted by Crippen LogP contribution is -2.44. The van der Waals surface area contributed by atoms with Crippen LogP contribution < -0.4 is 10.9 Å². The van der Waals surface area contributed by atoms with Crippen molar-refractivity contribution in [2.45, 2.75) is 51.9 Å². The highest BCUT2D eigenvalue weighted by atomic mass is 32.1. The van der Waals surface area contributed by atoms with E-state index in [4.69, 9.17) is 0 Å². The SMILES string of the molecule is Cc1c(C(=O)Nc2cccc(C(F)(F)F)c2)sc2ncn(CC(=O)N3CCCC[C@H]3C)c(=O)c12. The third-order valence-corrected chi connectivity index (χ3v) is 7.20. The van der Waals surface area contributed by atoms with E-state index in [1.807, 2.05) is 6.92 Å². The molecule has 1 aromatic carbocycles. The van der Waals surface area contributed by atoms with E-state index >= 15 is 0 Å². The lowest BCUT2D eigenvalue weighted by Gasteiger charge is -2.33. The van der Waals surface area contributed by atoms with Crippen LogP contribution in [-0.4, -0.2) is 38.9 Å². The lowest BCUT2D eigenvalue weighted by atomic mass is 10.0. The monoisotopic (exact) mass is 492 g/mol. The third kappa shape index (κ3) is 4.70. The summed E-state index contributed by atoms with van der Waals surface area (Å²) in [5, 5.41) is 2.68. The topological polar surface area (TPSA) is 84.3 Å². The minimum atomic E-state index is -4.54. The Labute approximate surface area is 197 Å². The molecule has 3 heterocycles. The van der Waals surface area contributed by atoms with Crippen molar-refractivity contribution in [3.8, 4) is 0 Å². The van der Waals surface area contributed by atoms with Crippen LogP contribution in [0.1, 0.15) is 47.0 Å². The number of carbonyl (C=O) groups is 2. The van der Waals surface area contributed by atoms with Gasteiger partial charge in [0, 0.05) is 18.3 Å². The van der Waals surface area contributed by atoms with Gasteiger partial charge in [-0.3, -0.25) is 19.0 Å². The Kier molecular flexibility index (Phi) is 6.48. The molecule has 0 spiro atoms. The van der Waals surface area contributed by atoms with Crippen molar-refractivity contribution >= 4 is 39.1 Å². The molecule has 7 nitrogen and oxygen atoms in total. The van der Waals surface area contributed by atoms with Gasteiger partial charge in [0.05, 0.1) is 22.2 Å². The predicted molar refractivity (Wildman–Crippen MR) is 123 cm³/mol. The first-order valence-electron chi connectivity index (χ1n) is 10.8. The van der Waals surface area contributed by atoms with E-state index in [1.165, 1.54) is 23.0 Å². The summed E-state index contributed by atoms with van der Waals surface area (Å²) in [6.07, 6.45) is -0.325. The van der Waals surface area contributed by atoms with Gasteiger partial charge in [-0.05, 0) is 56.9 Å². The number of piperidine rings is 1. The maximum absolute atomic E-state index is 13.1. The number of thiophene rings is 1. The van der Waals surface area contributed by atoms with Gasteiger partial charge in [-0.1, -0.05) is 6.07 Å². The maximum Gasteiger partial charge on any atom is 0.416 e. The fourth-order valence-corrected chi connectivity index (χ4v) is 5.19. The Morgan fingerprint density at radius 3 is 2.74 bits per heavy atom. The molecule has 1 saturated heterocycles. The first-order valence-corrected chi connectivity index (χ1v) is 11.6. The van der Waals surface area contributed by atoms with Crippen LogP contribution in [-0.2, 0) is 17.5 Å². The largest absolute Gasteiger partial charge is 0.416 e. The van der Waals surface area contributed by atoms with Crippen LogP contribution in [0.15, 0.2) is 35.4 Å². The first kappa shape index (κ1) is 23.9. The smallest absolute Gasteiger partial charge is 0.338 e. The average Bonchev–Trinajstić information content (AvgIpc) is 3.12. The average molecular weight is 493 g/mol. The molecule has 0 aliphatic carbocycles. The molecular formula is C23H23F3N4O3S. The molecule has 2 amide bonds. The van der Waals surface area contributed by atoms with E-state index in [0.717, 1.165) is 42.7 Å². The Morgan fingerprint density at radius 1 is 1.26 bits per heavy atom. The Bertz CT molecular complexity index is 1320. The zero-order valence-electron chi connectivity index (χ0n) is 18.6. The molecular weight excluding hydrogens is 469 g/mol. The lowest BCUT2D eigenvalue weighted by molar-refractivity contribution is -0.137. The summed E-state index contributed by atoms with van der Waals surface area (Å²) in [5.74, 6) is -0.796. The van der Waals surface area contributed by atoms with Crippen molar-refractivity contribution in [2.24, 2.45) is 0 Å². The summed E-state index contributed by atoms with van der Waals surface area (Å²) in [4.78, 5) is 45.2. The molecule has 0 bridgehead atoms. The van der Waals surface area contributed by atoms with Gasteiger partial charge in [-0.25, -0.2) is 4.98 Å². The molecule has 1 aliphatic rings. The fraction of sp³-hybridized carbons (Fsp3) is 0.391. The number of fused-ring (bicyclic) bond motifs is 1. The molecule has 1 fully saturated rings. The van der Waals surface area contributed by atoms with Crippen LogP contribution >= 0.6 is 11.3 Å². The minimum Gasteiger partial charge on any atom is -0.338 e. The van der Waals surface area contributed by atoms with E-state index in [9.17, 15) is 27.6 Å². The molecule has 0 radical (unpaired) electrons. The molecule has 1 atom stereocenters. The zero-order valence-corrected chi connectivity index (χ0v) is 19.4. The van der Waals surface area contributed by atoms with Crippen LogP contribution in [0.5, 0.6) is 0 Å². The zero-order chi connectivity index (χ0) is 24.6. The van der Waals surface area contributed by atoms with Gasteiger partial charge in [0.2, 0.25) is 5.91 Å². The Morgan fingerprint density at radius 2 is 2.03 bits per heavy atom. The molecule has 4 rings (SSSR count). The number of nitrogens with zero attached hydrogens (tertiary/aromatic N) is 3. The number of rotatable bonds is 4. The number of hydrogen-bond donors (Lipinski definition) is 1. The van der Waals surface area contributed by atoms with Gasteiger partial charge in [-0.15, -0.1) is 11.3 Å². The molecule has 0 unspecified atom stereocenters. The van der Waals surface area contributed by atoms with Crippen LogP contribution in [0.3, 0.4) is 0 Å². The molecule has 3 aromatic rings. The number of anilines is 1. The highest BCUT2D eigenvalue weighted by Crippen LogP contribution is 2.32. The molecule has 0 saturated carbocycles. The van der Waals surface area contributed by atoms with Gasteiger partial charge in [0.1, 0.15) is 11.4 Å². The first-order chi connectivity index (χ1) is 16.1. The van der Waals surface area contributed by atoms with Crippen molar-refractivity contribution in [3.05, 3.63) is 57.0 Å². The number of alkyl halides is 3. The minimum absolute atomic E-state index is 0.0108. The van der Waals surface area contributed by atoms with E-state index in [-0.39, 0.29) is 34.4 Å². The Balaban J connectivity index is 1.59. The van der Waals surface area contributed by atoms with Gasteiger partial charge in [0.15, 0.2) is 0 Å². The second-order valence-electron chi connectivity index (χ2n) is 8.38. The number of aryl methyl sites for hydroxylation is 1. The number of halogens is 3. The number of amides is 2. The standard InChI is InChI=1S/C23H23F3N4O3S/c1-13-6-3-4-9-30(13)17(31)11-29-12-27-21-18(22(29)33)14(2)19(34-21)20(32)28-16-8-5-7-15(10-16)23(24,25)26/h5,7-8,10,12-13H,3-4,6,9,11H2,1-2H3,(H,28,32)/t13-/m1/s1. The van der Waals surface area contributed by atoms with Gasteiger partial charge < -0.3 is 10.2 Å². The maximum atomic E-state index is 13.1. The van der Waals surface area contributed by atoms with E-state index in [0.29, 0.717) is 16.9 Å². The predicted octanol–water partition coefficient (Wildman–Crippen LogP) is 4.44. The van der Waals surface area contributed by atoms with Gasteiger partial charge in [-0.2, -0.15) is 13.2 Å². The summed E-state index contributed by atoms with van der Waals surface area (Å²) in [6, 6.07) is 4.44. The third-order valence-electron chi connectivity index (χ3n) is 6.00. The van der Waals surface area contributed by atoms with E-state index in [2.05, 4.69) is 10.3 Å². The van der Waals surface area contributed by atoms with Crippen molar-refractivity contribution in [2.75, 3.05) is 11.9 Å². The van der Waals surface area contributed by atoms with E-state index in [1.54, 1.807) is 11.8 Å². The number of benzene rings is 1. The van der Waals surface area contributed by atoms with Gasteiger partial charge in [0.25, 0.3) is 11.5 Å². The van der Waals surface area contributed by atoms with Crippen LogP contribution in [0, 0.1) is 6.92 Å². The molecule has 34 heavy (non-hydrogen) atoms. The van der Waals surface area contributed by atoms with E-state index < -0.39 is 23.2 Å². The molecule has 2 aromatic heterocycles. The van der Waals surface area contributed by atoms with Crippen molar-refractivity contribution in [1.29, 1.82) is 0 Å². The highest BCUT2D eigenvalue weighted by molar-refractivity contribution is 7.20. The molecule has 1 aliphatic heterocycles. The summed E-state index contributed by atoms with van der Waals surface area (Å²) >= 11 is 0.977. The summed E-state index contributed by atoms with van der Waals surface area (Å²) < 4.78 is 40.1. The number of likely N-dealkylation sites (tertiary alicyclic amines) is 1. The second-order valence-corrected chi connectivity index (χ2v) is 9.38. The normalized spacial score (nSPS) is 16.6. The number of nitrogens with one attached hydrogen (secondary N) is 1. The van der Waals surface area contributed by atoms with Crippen LogP contribution in [0.4, 0.5) is 18.9 Å². The molecule has 180 valence electrons. The number of carbonyl (C=O) groups excluding carboxylic acids is 2. The summed E-state index contributed by atoms with van der Waals surface area (Å²) in [5.41, 5.74) is -0.955. The van der Waals surface area contributed by atoms with Crippen molar-refractivity contribution < 1.29 is 22.8 Å². The van der Waals surface area contributed by atoms with Crippen molar-refractivity contribution in [3.63, 3.8) is 0 Å². The number of hydrogen-bond acceptors (Lipinski definition) is 5. The number of aromatic nitrogens is 2. The summed E-state index contributed by atoms with van der Waals surface area (Å²) in [7, 11) is 0. The quantitative estimate of drug-likeness (QED) is 0.584. The summed E-state index contributed by atoms with van der Waals surface area (Å²) in [6.45, 7) is 4.08. The van der Waals surface area contributed by atoms with Crippen LogP contribution in [0.2, 0.25) is 0 Å². The molecule has 11 heteroatoms. The van der Waals surface area contributed by atoms with Crippen LogP contribution in [0.25, 0.3) is 10.2 Å². The highest BCUT2D eigenvalue weighted by Gasteiger charge is 2.31. The second kappa shape index (κ2) is 9.21. The Hall–Kier alpha value is -3.21. The fourth-order valence-electron chi connectivity index (χ4n) is 4.15. The molecule has 1 N–H and O–H groups in total.